The molecule has 1 aromatic heterocycles. The maximum absolute atomic E-state index is 11.8. The predicted molar refractivity (Wildman–Crippen MR) is 69.9 cm³/mol. The van der Waals surface area contributed by atoms with Crippen molar-refractivity contribution in [2.24, 2.45) is 5.92 Å². The van der Waals surface area contributed by atoms with Crippen LogP contribution in [0.3, 0.4) is 0 Å². The lowest BCUT2D eigenvalue weighted by Gasteiger charge is -2.17. The Balaban J connectivity index is 1.89. The van der Waals surface area contributed by atoms with E-state index in [0.717, 1.165) is 17.7 Å². The predicted octanol–water partition coefficient (Wildman–Crippen LogP) is 2.31. The standard InChI is InChI=1S/C12H14ClNO3S/c13-10-5-4-7(18-10)6-11(15)14-9-3-1-2-8(9)12(16)17/h4-5,8-9H,1-3,6H2,(H,14,15)(H,16,17)/t8-,9+/m1/s1. The van der Waals surface area contributed by atoms with Gasteiger partial charge in [0.05, 0.1) is 16.7 Å². The average molecular weight is 288 g/mol. The van der Waals surface area contributed by atoms with E-state index in [1.165, 1.54) is 11.3 Å². The van der Waals surface area contributed by atoms with Crippen molar-refractivity contribution in [2.45, 2.75) is 31.7 Å². The lowest BCUT2D eigenvalue weighted by atomic mass is 10.0. The summed E-state index contributed by atoms with van der Waals surface area (Å²) in [6.07, 6.45) is 2.51. The molecule has 2 N–H and O–H groups in total. The number of hydrogen-bond acceptors (Lipinski definition) is 3. The molecule has 1 fully saturated rings. The van der Waals surface area contributed by atoms with Crippen LogP contribution in [0.2, 0.25) is 4.34 Å². The van der Waals surface area contributed by atoms with Gasteiger partial charge < -0.3 is 10.4 Å². The van der Waals surface area contributed by atoms with Crippen LogP contribution in [0.15, 0.2) is 12.1 Å². The molecule has 0 unspecified atom stereocenters. The van der Waals surface area contributed by atoms with E-state index >= 15 is 0 Å². The summed E-state index contributed by atoms with van der Waals surface area (Å²) in [5, 5.41) is 11.8. The number of halogens is 1. The van der Waals surface area contributed by atoms with E-state index in [1.807, 2.05) is 6.07 Å². The monoisotopic (exact) mass is 287 g/mol. The molecule has 6 heteroatoms. The first-order valence-corrected chi connectivity index (χ1v) is 7.02. The zero-order valence-corrected chi connectivity index (χ0v) is 11.3. The largest absolute Gasteiger partial charge is 0.481 e. The van der Waals surface area contributed by atoms with Crippen LogP contribution in [0.25, 0.3) is 0 Å². The first-order chi connectivity index (χ1) is 8.56. The van der Waals surface area contributed by atoms with E-state index in [1.54, 1.807) is 6.07 Å². The molecule has 1 aliphatic rings. The van der Waals surface area contributed by atoms with Crippen LogP contribution in [-0.4, -0.2) is 23.0 Å². The zero-order valence-electron chi connectivity index (χ0n) is 9.69. The van der Waals surface area contributed by atoms with Crippen LogP contribution in [0.5, 0.6) is 0 Å². The number of rotatable bonds is 4. The number of carboxylic acids is 1. The molecule has 98 valence electrons. The van der Waals surface area contributed by atoms with E-state index in [4.69, 9.17) is 16.7 Å². The van der Waals surface area contributed by atoms with E-state index in [2.05, 4.69) is 5.32 Å². The summed E-state index contributed by atoms with van der Waals surface area (Å²) in [6, 6.07) is 3.34. The summed E-state index contributed by atoms with van der Waals surface area (Å²) in [5.41, 5.74) is 0. The molecule has 0 aliphatic heterocycles. The van der Waals surface area contributed by atoms with Gasteiger partial charge in [-0.25, -0.2) is 0 Å². The molecule has 1 aromatic rings. The van der Waals surface area contributed by atoms with Gasteiger partial charge in [0.2, 0.25) is 5.91 Å². The first kappa shape index (κ1) is 13.4. The normalized spacial score (nSPS) is 22.9. The fourth-order valence-corrected chi connectivity index (χ4v) is 3.38. The molecule has 0 bridgehead atoms. The van der Waals surface area contributed by atoms with Crippen LogP contribution in [-0.2, 0) is 16.0 Å². The smallest absolute Gasteiger partial charge is 0.308 e. The van der Waals surface area contributed by atoms with Gasteiger partial charge in [-0.3, -0.25) is 9.59 Å². The van der Waals surface area contributed by atoms with Crippen molar-refractivity contribution in [3.63, 3.8) is 0 Å². The minimum Gasteiger partial charge on any atom is -0.481 e. The van der Waals surface area contributed by atoms with Gasteiger partial charge in [-0.2, -0.15) is 0 Å². The van der Waals surface area contributed by atoms with Crippen LogP contribution in [0, 0.1) is 5.92 Å². The van der Waals surface area contributed by atoms with Crippen molar-refractivity contribution in [3.8, 4) is 0 Å². The van der Waals surface area contributed by atoms with Crippen molar-refractivity contribution >= 4 is 34.8 Å². The Morgan fingerprint density at radius 3 is 2.83 bits per heavy atom. The fourth-order valence-electron chi connectivity index (χ4n) is 2.29. The lowest BCUT2D eigenvalue weighted by molar-refractivity contribution is -0.142. The third-order valence-corrected chi connectivity index (χ3v) is 4.37. The Labute approximate surface area is 114 Å². The molecule has 2 rings (SSSR count). The highest BCUT2D eigenvalue weighted by Gasteiger charge is 2.33. The number of aliphatic carboxylic acids is 1. The first-order valence-electron chi connectivity index (χ1n) is 5.82. The van der Waals surface area contributed by atoms with E-state index in [0.29, 0.717) is 10.8 Å². The average Bonchev–Trinajstić information content (AvgIpc) is 2.87. The van der Waals surface area contributed by atoms with E-state index < -0.39 is 11.9 Å². The Morgan fingerprint density at radius 2 is 2.22 bits per heavy atom. The quantitative estimate of drug-likeness (QED) is 0.893. The second-order valence-corrected chi connectivity index (χ2v) is 6.23. The Kier molecular flexibility index (Phi) is 4.24. The van der Waals surface area contributed by atoms with Gasteiger partial charge in [0, 0.05) is 10.9 Å². The molecule has 1 amide bonds. The SMILES string of the molecule is O=C(Cc1ccc(Cl)s1)N[C@H]1CCC[C@H]1C(=O)O. The molecule has 1 aliphatic carbocycles. The minimum absolute atomic E-state index is 0.133. The van der Waals surface area contributed by atoms with E-state index in [-0.39, 0.29) is 18.4 Å². The topological polar surface area (TPSA) is 66.4 Å². The lowest BCUT2D eigenvalue weighted by Crippen LogP contribution is -2.40. The summed E-state index contributed by atoms with van der Waals surface area (Å²) in [6.45, 7) is 0. The Bertz CT molecular complexity index is 460. The number of carboxylic acid groups (broad SMARTS) is 1. The third-order valence-electron chi connectivity index (χ3n) is 3.14. The highest BCUT2D eigenvalue weighted by Crippen LogP contribution is 2.26. The van der Waals surface area contributed by atoms with Gasteiger partial charge in [-0.15, -0.1) is 11.3 Å². The second kappa shape index (κ2) is 5.71. The molecule has 2 atom stereocenters. The van der Waals surface area contributed by atoms with Crippen molar-refractivity contribution in [3.05, 3.63) is 21.3 Å². The van der Waals surface area contributed by atoms with Crippen LogP contribution < -0.4 is 5.32 Å². The number of hydrogen-bond donors (Lipinski definition) is 2. The molecule has 1 saturated carbocycles. The van der Waals surface area contributed by atoms with Gasteiger partial charge in [-0.05, 0) is 25.0 Å². The summed E-state index contributed by atoms with van der Waals surface area (Å²) in [7, 11) is 0. The molecule has 4 nitrogen and oxygen atoms in total. The molecular weight excluding hydrogens is 274 g/mol. The second-order valence-electron chi connectivity index (χ2n) is 4.43. The van der Waals surface area contributed by atoms with Crippen LogP contribution in [0.4, 0.5) is 0 Å². The number of nitrogens with one attached hydrogen (secondary N) is 1. The molecule has 0 aromatic carbocycles. The Morgan fingerprint density at radius 1 is 1.44 bits per heavy atom. The number of amides is 1. The molecule has 0 radical (unpaired) electrons. The maximum atomic E-state index is 11.8. The van der Waals surface area contributed by atoms with Gasteiger partial charge in [0.25, 0.3) is 0 Å². The van der Waals surface area contributed by atoms with Crippen LogP contribution >= 0.6 is 22.9 Å². The number of thiophene rings is 1. The van der Waals surface area contributed by atoms with E-state index in [9.17, 15) is 9.59 Å². The van der Waals surface area contributed by atoms with Gasteiger partial charge in [0.1, 0.15) is 0 Å². The van der Waals surface area contributed by atoms with Crippen molar-refractivity contribution in [1.82, 2.24) is 5.32 Å². The van der Waals surface area contributed by atoms with Gasteiger partial charge in [0.15, 0.2) is 0 Å². The van der Waals surface area contributed by atoms with Gasteiger partial charge >= 0.3 is 5.97 Å². The maximum Gasteiger partial charge on any atom is 0.308 e. The molecule has 18 heavy (non-hydrogen) atoms. The van der Waals surface area contributed by atoms with Crippen LogP contribution in [0.1, 0.15) is 24.1 Å². The van der Waals surface area contributed by atoms with Crippen molar-refractivity contribution in [1.29, 1.82) is 0 Å². The van der Waals surface area contributed by atoms with Gasteiger partial charge in [-0.1, -0.05) is 18.0 Å². The highest BCUT2D eigenvalue weighted by atomic mass is 35.5. The van der Waals surface area contributed by atoms with Crippen molar-refractivity contribution < 1.29 is 14.7 Å². The third kappa shape index (κ3) is 3.23. The minimum atomic E-state index is -0.822. The Hall–Kier alpha value is -1.07. The highest BCUT2D eigenvalue weighted by molar-refractivity contribution is 7.16. The molecule has 0 saturated heterocycles. The van der Waals surface area contributed by atoms with Crippen molar-refractivity contribution in [2.75, 3.05) is 0 Å². The summed E-state index contributed by atoms with van der Waals surface area (Å²) >= 11 is 7.16. The molecule has 0 spiro atoms. The summed E-state index contributed by atoms with van der Waals surface area (Å²) in [5.74, 6) is -1.40. The number of carbonyl (C=O) groups is 2. The summed E-state index contributed by atoms with van der Waals surface area (Å²) < 4.78 is 0.655. The fraction of sp³-hybridized carbons (Fsp3) is 0.500. The summed E-state index contributed by atoms with van der Waals surface area (Å²) in [4.78, 5) is 23.7. The molecule has 1 heterocycles. The zero-order chi connectivity index (χ0) is 13.1. The number of carbonyl (C=O) groups excluding carboxylic acids is 1. The molecular formula is C12H14ClNO3S.